The van der Waals surface area contributed by atoms with Crippen LogP contribution in [0.1, 0.15) is 36.6 Å². The Bertz CT molecular complexity index is 800. The van der Waals surface area contributed by atoms with Gasteiger partial charge in [0.15, 0.2) is 0 Å². The maximum atomic E-state index is 13.1. The number of rotatable bonds is 2. The first-order chi connectivity index (χ1) is 10.6. The van der Waals surface area contributed by atoms with Crippen molar-refractivity contribution in [2.24, 2.45) is 0 Å². The van der Waals surface area contributed by atoms with Gasteiger partial charge in [-0.1, -0.05) is 11.6 Å². The van der Waals surface area contributed by atoms with E-state index in [4.69, 9.17) is 11.6 Å². The average molecular weight is 338 g/mol. The lowest BCUT2D eigenvalue weighted by Crippen LogP contribution is -2.49. The smallest absolute Gasteiger partial charge is 0.243 e. The molecular weight excluding hydrogens is 322 g/mol. The molecule has 2 aliphatic heterocycles. The summed E-state index contributed by atoms with van der Waals surface area (Å²) in [6.45, 7) is 0. The number of hydrogen-bond donors (Lipinski definition) is 1. The summed E-state index contributed by atoms with van der Waals surface area (Å²) in [6, 6.07) is 6.31. The number of hydrogen-bond acceptors (Lipinski definition) is 3. The van der Waals surface area contributed by atoms with Crippen molar-refractivity contribution in [3.63, 3.8) is 0 Å². The normalized spacial score (nSPS) is 25.0. The van der Waals surface area contributed by atoms with Gasteiger partial charge in [0, 0.05) is 28.7 Å². The third-order valence-corrected chi connectivity index (χ3v) is 6.85. The van der Waals surface area contributed by atoms with Gasteiger partial charge in [0.2, 0.25) is 10.0 Å². The van der Waals surface area contributed by atoms with Crippen LogP contribution in [0, 0.1) is 0 Å². The topological polar surface area (TPSA) is 66.1 Å². The molecule has 1 N–H and O–H groups in total. The van der Waals surface area contributed by atoms with Gasteiger partial charge in [-0.2, -0.15) is 9.40 Å². The molecule has 0 saturated carbocycles. The van der Waals surface area contributed by atoms with Gasteiger partial charge >= 0.3 is 0 Å². The number of nitrogens with zero attached hydrogens (tertiary/aromatic N) is 2. The summed E-state index contributed by atoms with van der Waals surface area (Å²) < 4.78 is 27.9. The molecule has 1 saturated heterocycles. The van der Waals surface area contributed by atoms with E-state index in [-0.39, 0.29) is 12.1 Å². The number of aromatic amines is 1. The third-order valence-electron chi connectivity index (χ3n) is 4.62. The molecule has 1 aromatic heterocycles. The van der Waals surface area contributed by atoms with Gasteiger partial charge in [-0.25, -0.2) is 8.42 Å². The summed E-state index contributed by atoms with van der Waals surface area (Å²) in [5, 5.41) is 7.65. The standard InChI is InChI=1S/C15H16ClN3O2S/c16-10-4-6-12(7-5-10)22(20,21)19-11-2-1-3-15(19)13-9-17-18-14(13)8-11/h4-7,9,11,15H,1-3,8H2,(H,17,18). The monoisotopic (exact) mass is 337 g/mol. The van der Waals surface area contributed by atoms with E-state index in [2.05, 4.69) is 10.2 Å². The molecule has 2 atom stereocenters. The minimum Gasteiger partial charge on any atom is -0.282 e. The van der Waals surface area contributed by atoms with Crippen LogP contribution in [0.25, 0.3) is 0 Å². The average Bonchev–Trinajstić information content (AvgIpc) is 2.95. The lowest BCUT2D eigenvalue weighted by molar-refractivity contribution is 0.162. The van der Waals surface area contributed by atoms with E-state index in [0.29, 0.717) is 16.3 Å². The summed E-state index contributed by atoms with van der Waals surface area (Å²) >= 11 is 5.87. The number of halogens is 1. The highest BCUT2D eigenvalue weighted by Gasteiger charge is 2.45. The summed E-state index contributed by atoms with van der Waals surface area (Å²) in [7, 11) is -3.53. The minimum absolute atomic E-state index is 0.00683. The van der Waals surface area contributed by atoms with E-state index < -0.39 is 10.0 Å². The van der Waals surface area contributed by atoms with Crippen molar-refractivity contribution in [2.45, 2.75) is 42.7 Å². The van der Waals surface area contributed by atoms with Gasteiger partial charge in [-0.05, 0) is 43.5 Å². The van der Waals surface area contributed by atoms with Crippen molar-refractivity contribution in [1.82, 2.24) is 14.5 Å². The number of nitrogens with one attached hydrogen (secondary N) is 1. The predicted molar refractivity (Wildman–Crippen MR) is 83.1 cm³/mol. The van der Waals surface area contributed by atoms with Crippen molar-refractivity contribution in [3.8, 4) is 0 Å². The molecule has 7 heteroatoms. The Balaban J connectivity index is 1.80. The molecular formula is C15H16ClN3O2S. The molecule has 5 nitrogen and oxygen atoms in total. The molecule has 1 aromatic carbocycles. The fourth-order valence-corrected chi connectivity index (χ4v) is 5.62. The van der Waals surface area contributed by atoms with Crippen LogP contribution in [0.3, 0.4) is 0 Å². The maximum Gasteiger partial charge on any atom is 0.243 e. The molecule has 22 heavy (non-hydrogen) atoms. The molecule has 2 bridgehead atoms. The molecule has 0 radical (unpaired) electrons. The second kappa shape index (κ2) is 5.08. The van der Waals surface area contributed by atoms with Crippen molar-refractivity contribution in [3.05, 3.63) is 46.7 Å². The van der Waals surface area contributed by atoms with Crippen LogP contribution in [-0.4, -0.2) is 29.0 Å². The molecule has 0 spiro atoms. The minimum atomic E-state index is -3.53. The number of piperidine rings is 1. The molecule has 4 rings (SSSR count). The van der Waals surface area contributed by atoms with Crippen LogP contribution >= 0.6 is 11.6 Å². The lowest BCUT2D eigenvalue weighted by Gasteiger charge is -2.44. The van der Waals surface area contributed by atoms with Crippen LogP contribution < -0.4 is 0 Å². The molecule has 0 amide bonds. The number of aromatic nitrogens is 2. The number of fused-ring (bicyclic) bond motifs is 4. The summed E-state index contributed by atoms with van der Waals surface area (Å²) in [5.41, 5.74) is 2.10. The van der Waals surface area contributed by atoms with Crippen molar-refractivity contribution >= 4 is 21.6 Å². The van der Waals surface area contributed by atoms with Crippen LogP contribution in [0.2, 0.25) is 5.02 Å². The van der Waals surface area contributed by atoms with Crippen molar-refractivity contribution < 1.29 is 8.42 Å². The van der Waals surface area contributed by atoms with Crippen LogP contribution in [-0.2, 0) is 16.4 Å². The van der Waals surface area contributed by atoms with Gasteiger partial charge in [0.25, 0.3) is 0 Å². The lowest BCUT2D eigenvalue weighted by atomic mass is 9.86. The van der Waals surface area contributed by atoms with Gasteiger partial charge in [-0.3, -0.25) is 5.10 Å². The molecule has 2 aliphatic rings. The zero-order valence-corrected chi connectivity index (χ0v) is 13.4. The zero-order chi connectivity index (χ0) is 15.3. The third kappa shape index (κ3) is 2.09. The summed E-state index contributed by atoms with van der Waals surface area (Å²) in [5.74, 6) is 0. The Morgan fingerprint density at radius 1 is 1.23 bits per heavy atom. The maximum absolute atomic E-state index is 13.1. The first-order valence-electron chi connectivity index (χ1n) is 7.38. The Hall–Kier alpha value is -1.37. The molecule has 0 aliphatic carbocycles. The second-order valence-corrected chi connectivity index (χ2v) is 8.18. The van der Waals surface area contributed by atoms with Gasteiger partial charge < -0.3 is 0 Å². The number of H-pyrrole nitrogens is 1. The number of sulfonamides is 1. The van der Waals surface area contributed by atoms with Crippen LogP contribution in [0.5, 0.6) is 0 Å². The highest BCUT2D eigenvalue weighted by molar-refractivity contribution is 7.89. The molecule has 2 unspecified atom stereocenters. The van der Waals surface area contributed by atoms with Crippen LogP contribution in [0.15, 0.2) is 35.4 Å². The summed E-state index contributed by atoms with van der Waals surface area (Å²) in [4.78, 5) is 0.306. The molecule has 116 valence electrons. The van der Waals surface area contributed by atoms with E-state index in [1.165, 1.54) is 0 Å². The quantitative estimate of drug-likeness (QED) is 0.916. The number of benzene rings is 1. The van der Waals surface area contributed by atoms with E-state index in [1.54, 1.807) is 34.8 Å². The van der Waals surface area contributed by atoms with Gasteiger partial charge in [-0.15, -0.1) is 0 Å². The van der Waals surface area contributed by atoms with Gasteiger partial charge in [0.05, 0.1) is 17.1 Å². The second-order valence-electron chi connectivity index (χ2n) is 5.90. The Morgan fingerprint density at radius 3 is 2.77 bits per heavy atom. The van der Waals surface area contributed by atoms with E-state index in [1.807, 2.05) is 0 Å². The van der Waals surface area contributed by atoms with Crippen LogP contribution in [0.4, 0.5) is 0 Å². The van der Waals surface area contributed by atoms with Gasteiger partial charge in [0.1, 0.15) is 0 Å². The Labute approximate surface area is 134 Å². The van der Waals surface area contributed by atoms with E-state index in [0.717, 1.165) is 30.5 Å². The van der Waals surface area contributed by atoms with Crippen molar-refractivity contribution in [1.29, 1.82) is 0 Å². The SMILES string of the molecule is O=S(=O)(c1ccc(Cl)cc1)N1C2CCCC1c1cn[nH]c1C2. The highest BCUT2D eigenvalue weighted by Crippen LogP contribution is 2.44. The van der Waals surface area contributed by atoms with Crippen molar-refractivity contribution in [2.75, 3.05) is 0 Å². The summed E-state index contributed by atoms with van der Waals surface area (Å²) in [6.07, 6.45) is 5.26. The first-order valence-corrected chi connectivity index (χ1v) is 9.20. The Kier molecular flexibility index (Phi) is 3.29. The predicted octanol–water partition coefficient (Wildman–Crippen LogP) is 2.90. The molecule has 3 heterocycles. The first kappa shape index (κ1) is 14.2. The van der Waals surface area contributed by atoms with E-state index in [9.17, 15) is 8.42 Å². The molecule has 1 fully saturated rings. The zero-order valence-electron chi connectivity index (χ0n) is 11.9. The fraction of sp³-hybridized carbons (Fsp3) is 0.400. The van der Waals surface area contributed by atoms with E-state index >= 15 is 0 Å². The largest absolute Gasteiger partial charge is 0.282 e. The fourth-order valence-electron chi connectivity index (χ4n) is 3.64. The highest BCUT2D eigenvalue weighted by atomic mass is 35.5. The Morgan fingerprint density at radius 2 is 2.00 bits per heavy atom. The molecule has 2 aromatic rings.